The van der Waals surface area contributed by atoms with Crippen molar-refractivity contribution in [1.29, 1.82) is 0 Å². The van der Waals surface area contributed by atoms with Gasteiger partial charge in [0.2, 0.25) is 5.88 Å². The second-order valence-corrected chi connectivity index (χ2v) is 6.51. The van der Waals surface area contributed by atoms with Gasteiger partial charge >= 0.3 is 6.03 Å². The van der Waals surface area contributed by atoms with Crippen LogP contribution in [0.5, 0.6) is 5.88 Å². The minimum absolute atomic E-state index is 0.256. The average molecular weight is 331 g/mol. The Morgan fingerprint density at radius 3 is 2.46 bits per heavy atom. The van der Waals surface area contributed by atoms with Crippen molar-refractivity contribution in [3.63, 3.8) is 0 Å². The summed E-state index contributed by atoms with van der Waals surface area (Å²) in [6.07, 6.45) is 1.58. The molecule has 2 amide bonds. The summed E-state index contributed by atoms with van der Waals surface area (Å²) in [6.45, 7) is 6.02. The number of anilines is 1. The van der Waals surface area contributed by atoms with Gasteiger partial charge in [-0.2, -0.15) is 0 Å². The molecule has 1 atom stereocenters. The van der Waals surface area contributed by atoms with E-state index in [1.807, 2.05) is 20.8 Å². The number of nitrogens with zero attached hydrogens (tertiary/aromatic N) is 1. The molecule has 1 aromatic carbocycles. The summed E-state index contributed by atoms with van der Waals surface area (Å²) in [5.41, 5.74) is 1.05. The van der Waals surface area contributed by atoms with Gasteiger partial charge in [-0.15, -0.1) is 0 Å². The van der Waals surface area contributed by atoms with Crippen LogP contribution in [0, 0.1) is 11.2 Å². The van der Waals surface area contributed by atoms with Crippen molar-refractivity contribution in [2.45, 2.75) is 26.8 Å². The Morgan fingerprint density at radius 2 is 1.88 bits per heavy atom. The Hall–Kier alpha value is -2.63. The molecule has 0 aliphatic rings. The zero-order valence-electron chi connectivity index (χ0n) is 14.3. The molecule has 0 aliphatic carbocycles. The maximum Gasteiger partial charge on any atom is 0.319 e. The monoisotopic (exact) mass is 331 g/mol. The van der Waals surface area contributed by atoms with Crippen molar-refractivity contribution in [1.82, 2.24) is 10.3 Å². The normalized spacial score (nSPS) is 12.4. The zero-order chi connectivity index (χ0) is 17.7. The fraction of sp³-hybridized carbons (Fsp3) is 0.333. The number of aromatic nitrogens is 1. The molecule has 0 bridgehead atoms. The SMILES string of the molecule is COc1ncccc1NC(=O)N[C@H](c1ccc(F)cc1)C(C)(C)C. The Kier molecular flexibility index (Phi) is 5.39. The van der Waals surface area contributed by atoms with Crippen LogP contribution >= 0.6 is 0 Å². The number of ether oxygens (including phenoxy) is 1. The molecule has 2 N–H and O–H groups in total. The highest BCUT2D eigenvalue weighted by atomic mass is 19.1. The number of amides is 2. The number of nitrogens with one attached hydrogen (secondary N) is 2. The van der Waals surface area contributed by atoms with Crippen LogP contribution < -0.4 is 15.4 Å². The van der Waals surface area contributed by atoms with Gasteiger partial charge in [0.05, 0.1) is 13.2 Å². The van der Waals surface area contributed by atoms with Crippen molar-refractivity contribution in [2.24, 2.45) is 5.41 Å². The van der Waals surface area contributed by atoms with E-state index in [0.29, 0.717) is 11.6 Å². The highest BCUT2D eigenvalue weighted by Gasteiger charge is 2.28. The third-order valence-electron chi connectivity index (χ3n) is 3.56. The van der Waals surface area contributed by atoms with Gasteiger partial charge in [0.1, 0.15) is 11.5 Å². The second kappa shape index (κ2) is 7.29. The first-order valence-electron chi connectivity index (χ1n) is 7.63. The summed E-state index contributed by atoms with van der Waals surface area (Å²) >= 11 is 0. The number of hydrogen-bond acceptors (Lipinski definition) is 3. The van der Waals surface area contributed by atoms with Gasteiger partial charge in [0, 0.05) is 6.20 Å². The molecule has 0 fully saturated rings. The van der Waals surface area contributed by atoms with Crippen molar-refractivity contribution in [2.75, 3.05) is 12.4 Å². The molecule has 0 radical (unpaired) electrons. The van der Waals surface area contributed by atoms with Crippen molar-refractivity contribution < 1.29 is 13.9 Å². The van der Waals surface area contributed by atoms with Gasteiger partial charge in [-0.3, -0.25) is 0 Å². The molecule has 0 saturated heterocycles. The van der Waals surface area contributed by atoms with E-state index in [9.17, 15) is 9.18 Å². The Bertz CT molecular complexity index is 696. The highest BCUT2D eigenvalue weighted by molar-refractivity contribution is 5.90. The quantitative estimate of drug-likeness (QED) is 0.885. The lowest BCUT2D eigenvalue weighted by Crippen LogP contribution is -2.39. The zero-order valence-corrected chi connectivity index (χ0v) is 14.3. The molecule has 2 aromatic rings. The maximum atomic E-state index is 13.2. The lowest BCUT2D eigenvalue weighted by atomic mass is 9.82. The van der Waals surface area contributed by atoms with Crippen molar-refractivity contribution >= 4 is 11.7 Å². The van der Waals surface area contributed by atoms with Gasteiger partial charge < -0.3 is 15.4 Å². The van der Waals surface area contributed by atoms with Crippen LogP contribution in [0.2, 0.25) is 0 Å². The average Bonchev–Trinajstić information content (AvgIpc) is 2.53. The van der Waals surface area contributed by atoms with Gasteiger partial charge in [0.15, 0.2) is 0 Å². The lowest BCUT2D eigenvalue weighted by Gasteiger charge is -2.32. The van der Waals surface area contributed by atoms with E-state index in [0.717, 1.165) is 5.56 Å². The number of carbonyl (C=O) groups excluding carboxylic acids is 1. The minimum atomic E-state index is -0.384. The molecular formula is C18H22FN3O2. The molecular weight excluding hydrogens is 309 g/mol. The Morgan fingerprint density at radius 1 is 1.21 bits per heavy atom. The minimum Gasteiger partial charge on any atom is -0.480 e. The number of pyridine rings is 1. The van der Waals surface area contributed by atoms with Crippen molar-refractivity contribution in [3.05, 3.63) is 54.0 Å². The molecule has 1 heterocycles. The van der Waals surface area contributed by atoms with Crippen LogP contribution in [0.4, 0.5) is 14.9 Å². The summed E-state index contributed by atoms with van der Waals surface area (Å²) in [4.78, 5) is 16.4. The van der Waals surface area contributed by atoms with Crippen molar-refractivity contribution in [3.8, 4) is 5.88 Å². The van der Waals surface area contributed by atoms with E-state index in [4.69, 9.17) is 4.74 Å². The maximum absolute atomic E-state index is 13.2. The first-order chi connectivity index (χ1) is 11.3. The van der Waals surface area contributed by atoms with Gasteiger partial charge in [-0.05, 0) is 35.2 Å². The molecule has 1 aromatic heterocycles. The largest absolute Gasteiger partial charge is 0.480 e. The second-order valence-electron chi connectivity index (χ2n) is 6.51. The predicted molar refractivity (Wildman–Crippen MR) is 91.5 cm³/mol. The predicted octanol–water partition coefficient (Wildman–Crippen LogP) is 4.14. The standard InChI is InChI=1S/C18H22FN3O2/c1-18(2,3)15(12-7-9-13(19)10-8-12)22-17(23)21-14-6-5-11-20-16(14)24-4/h5-11,15H,1-4H3,(H2,21,22,23)/t15-/m1/s1. The number of methoxy groups -OCH3 is 1. The number of carbonyl (C=O) groups is 1. The molecule has 2 rings (SSSR count). The third kappa shape index (κ3) is 4.44. The number of rotatable bonds is 4. The van der Waals surface area contributed by atoms with E-state index in [2.05, 4.69) is 15.6 Å². The summed E-state index contributed by atoms with van der Waals surface area (Å²) in [5.74, 6) is 0.0256. The van der Waals surface area contributed by atoms with Crippen LogP contribution in [0.1, 0.15) is 32.4 Å². The highest BCUT2D eigenvalue weighted by Crippen LogP contribution is 2.33. The van der Waals surface area contributed by atoms with E-state index in [-0.39, 0.29) is 23.3 Å². The molecule has 6 heteroatoms. The summed E-state index contributed by atoms with van der Waals surface area (Å²) in [7, 11) is 1.49. The molecule has 0 saturated carbocycles. The summed E-state index contributed by atoms with van der Waals surface area (Å²) in [5, 5.41) is 5.67. The fourth-order valence-electron chi connectivity index (χ4n) is 2.39. The van der Waals surface area contributed by atoms with E-state index in [1.54, 1.807) is 30.5 Å². The third-order valence-corrected chi connectivity index (χ3v) is 3.56. The van der Waals surface area contributed by atoms with E-state index in [1.165, 1.54) is 19.2 Å². The number of hydrogen-bond donors (Lipinski definition) is 2. The van der Waals surface area contributed by atoms with Crippen LogP contribution in [0.25, 0.3) is 0 Å². The number of halogens is 1. The Labute approximate surface area is 141 Å². The lowest BCUT2D eigenvalue weighted by molar-refractivity contribution is 0.229. The molecule has 0 aliphatic heterocycles. The fourth-order valence-corrected chi connectivity index (χ4v) is 2.39. The smallest absolute Gasteiger partial charge is 0.319 e. The van der Waals surface area contributed by atoms with Crippen LogP contribution in [0.3, 0.4) is 0 Å². The summed E-state index contributed by atoms with van der Waals surface area (Å²) < 4.78 is 18.3. The topological polar surface area (TPSA) is 63.2 Å². The van der Waals surface area contributed by atoms with Crippen LogP contribution in [-0.4, -0.2) is 18.1 Å². The van der Waals surface area contributed by atoms with Gasteiger partial charge in [-0.25, -0.2) is 14.2 Å². The summed E-state index contributed by atoms with van der Waals surface area (Å²) in [6, 6.07) is 8.86. The van der Waals surface area contributed by atoms with Crippen LogP contribution in [0.15, 0.2) is 42.6 Å². The van der Waals surface area contributed by atoms with E-state index < -0.39 is 0 Å². The number of benzene rings is 1. The molecule has 128 valence electrons. The van der Waals surface area contributed by atoms with Gasteiger partial charge in [-0.1, -0.05) is 32.9 Å². The van der Waals surface area contributed by atoms with Crippen LogP contribution in [-0.2, 0) is 0 Å². The molecule has 24 heavy (non-hydrogen) atoms. The number of urea groups is 1. The molecule has 5 nitrogen and oxygen atoms in total. The van der Waals surface area contributed by atoms with E-state index >= 15 is 0 Å². The molecule has 0 spiro atoms. The van der Waals surface area contributed by atoms with Gasteiger partial charge in [0.25, 0.3) is 0 Å². The Balaban J connectivity index is 2.17. The molecule has 0 unspecified atom stereocenters. The first-order valence-corrected chi connectivity index (χ1v) is 7.63. The first kappa shape index (κ1) is 17.7.